The lowest BCUT2D eigenvalue weighted by Gasteiger charge is -2.04. The largest absolute Gasteiger partial charge is 0.432 e. The van der Waals surface area contributed by atoms with Crippen molar-refractivity contribution in [1.29, 1.82) is 0 Å². The van der Waals surface area contributed by atoms with Crippen molar-refractivity contribution >= 4 is 29.0 Å². The molecule has 0 aliphatic carbocycles. The number of carbonyl (C=O) groups is 1. The molecular formula is C3H7NO6S2. The summed E-state index contributed by atoms with van der Waals surface area (Å²) in [6, 6.07) is -1.10. The molecule has 0 bridgehead atoms. The average Bonchev–Trinajstić information content (AvgIpc) is 1.97. The van der Waals surface area contributed by atoms with Gasteiger partial charge in [0.25, 0.3) is 0 Å². The van der Waals surface area contributed by atoms with Crippen LogP contribution < -0.4 is 5.73 Å². The Hall–Kier alpha value is -0.350. The summed E-state index contributed by atoms with van der Waals surface area (Å²) in [6.45, 7) is 0. The van der Waals surface area contributed by atoms with Gasteiger partial charge >= 0.3 is 16.4 Å². The molecule has 0 radical (unpaired) electrons. The molecule has 0 aliphatic rings. The summed E-state index contributed by atoms with van der Waals surface area (Å²) in [4.78, 5) is 14.1. The average molecular weight is 217 g/mol. The van der Waals surface area contributed by atoms with E-state index in [-0.39, 0.29) is 5.75 Å². The molecule has 0 spiro atoms. The van der Waals surface area contributed by atoms with Gasteiger partial charge in [0.15, 0.2) is 0 Å². The zero-order chi connectivity index (χ0) is 9.78. The van der Waals surface area contributed by atoms with Gasteiger partial charge in [-0.3, -0.25) is 9.44 Å². The second-order valence-electron chi connectivity index (χ2n) is 1.69. The molecule has 1 unspecified atom stereocenters. The first-order valence-corrected chi connectivity index (χ1v) is 4.60. The van der Waals surface area contributed by atoms with E-state index >= 15 is 0 Å². The lowest BCUT2D eigenvalue weighted by atomic mass is 10.4. The maximum Gasteiger partial charge on any atom is 0.432 e. The van der Waals surface area contributed by atoms with Crippen LogP contribution in [-0.2, 0) is 24.4 Å². The van der Waals surface area contributed by atoms with Crippen molar-refractivity contribution in [3.05, 3.63) is 0 Å². The summed E-state index contributed by atoms with van der Waals surface area (Å²) >= 11 is 3.63. The Morgan fingerprint density at radius 1 is 1.67 bits per heavy atom. The van der Waals surface area contributed by atoms with Crippen molar-refractivity contribution in [3.8, 4) is 0 Å². The molecule has 72 valence electrons. The van der Waals surface area contributed by atoms with Crippen LogP contribution in [0, 0.1) is 0 Å². The number of rotatable bonds is 4. The third-order valence-corrected chi connectivity index (χ3v) is 1.33. The number of hydrogen-bond donors (Lipinski definition) is 3. The van der Waals surface area contributed by atoms with Gasteiger partial charge in [0, 0.05) is 5.75 Å². The van der Waals surface area contributed by atoms with E-state index in [9.17, 15) is 13.2 Å². The van der Waals surface area contributed by atoms with Gasteiger partial charge in [0.2, 0.25) is 0 Å². The fraction of sp³-hybridized carbons (Fsp3) is 0.667. The SMILES string of the molecule is NC(CS)C(=O)OOS(=O)(=O)O. The van der Waals surface area contributed by atoms with Gasteiger partial charge in [0.1, 0.15) is 6.04 Å². The highest BCUT2D eigenvalue weighted by atomic mass is 32.3. The maximum absolute atomic E-state index is 10.5. The highest BCUT2D eigenvalue weighted by Gasteiger charge is 2.17. The Morgan fingerprint density at radius 2 is 2.17 bits per heavy atom. The minimum absolute atomic E-state index is 0.0341. The third kappa shape index (κ3) is 5.32. The van der Waals surface area contributed by atoms with Gasteiger partial charge in [-0.05, 0) is 4.33 Å². The van der Waals surface area contributed by atoms with Gasteiger partial charge in [-0.25, -0.2) is 4.79 Å². The molecule has 0 aromatic rings. The van der Waals surface area contributed by atoms with E-state index in [0.717, 1.165) is 0 Å². The lowest BCUT2D eigenvalue weighted by molar-refractivity contribution is -0.215. The lowest BCUT2D eigenvalue weighted by Crippen LogP contribution is -2.34. The molecule has 0 amide bonds. The zero-order valence-corrected chi connectivity index (χ0v) is 7.42. The first kappa shape index (κ1) is 11.6. The summed E-state index contributed by atoms with van der Waals surface area (Å²) in [7, 11) is -4.78. The number of hydrogen-bond acceptors (Lipinski definition) is 7. The molecule has 1 atom stereocenters. The van der Waals surface area contributed by atoms with E-state index in [4.69, 9.17) is 10.3 Å². The first-order valence-electron chi connectivity index (χ1n) is 2.60. The van der Waals surface area contributed by atoms with E-state index in [1.807, 2.05) is 0 Å². The Kier molecular flexibility index (Phi) is 4.49. The Balaban J connectivity index is 3.88. The third-order valence-electron chi connectivity index (χ3n) is 0.702. The van der Waals surface area contributed by atoms with Crippen LogP contribution in [-0.4, -0.2) is 30.7 Å². The van der Waals surface area contributed by atoms with Gasteiger partial charge in [-0.1, -0.05) is 0 Å². The minimum Gasteiger partial charge on any atom is -0.318 e. The molecule has 0 saturated heterocycles. The Labute approximate surface area is 74.1 Å². The monoisotopic (exact) mass is 217 g/mol. The molecule has 0 fully saturated rings. The van der Waals surface area contributed by atoms with Crippen molar-refractivity contribution in [2.75, 3.05) is 5.75 Å². The fourth-order valence-electron chi connectivity index (χ4n) is 0.213. The van der Waals surface area contributed by atoms with Gasteiger partial charge in [-0.2, -0.15) is 21.0 Å². The van der Waals surface area contributed by atoms with Crippen molar-refractivity contribution in [2.24, 2.45) is 5.73 Å². The molecule has 0 rings (SSSR count). The molecule has 12 heavy (non-hydrogen) atoms. The van der Waals surface area contributed by atoms with Crippen molar-refractivity contribution in [2.45, 2.75) is 6.04 Å². The van der Waals surface area contributed by atoms with E-state index in [0.29, 0.717) is 0 Å². The summed E-state index contributed by atoms with van der Waals surface area (Å²) in [5, 5.41) is 0. The second kappa shape index (κ2) is 4.62. The normalized spacial score (nSPS) is 13.9. The highest BCUT2D eigenvalue weighted by Crippen LogP contribution is 1.93. The van der Waals surface area contributed by atoms with E-state index < -0.39 is 22.4 Å². The predicted octanol–water partition coefficient (Wildman–Crippen LogP) is -1.48. The second-order valence-corrected chi connectivity index (χ2v) is 3.04. The van der Waals surface area contributed by atoms with E-state index in [2.05, 4.69) is 21.9 Å². The highest BCUT2D eigenvalue weighted by molar-refractivity contribution is 7.80. The van der Waals surface area contributed by atoms with Crippen molar-refractivity contribution < 1.29 is 27.0 Å². The summed E-state index contributed by atoms with van der Waals surface area (Å²) in [5.74, 6) is -1.17. The van der Waals surface area contributed by atoms with Crippen LogP contribution in [0.4, 0.5) is 0 Å². The van der Waals surface area contributed by atoms with Gasteiger partial charge in [0.05, 0.1) is 0 Å². The minimum atomic E-state index is -4.78. The summed E-state index contributed by atoms with van der Waals surface area (Å²) < 4.78 is 30.9. The molecule has 0 saturated carbocycles. The van der Waals surface area contributed by atoms with E-state index in [1.54, 1.807) is 0 Å². The van der Waals surface area contributed by atoms with Crippen LogP contribution in [0.3, 0.4) is 0 Å². The molecule has 3 N–H and O–H groups in total. The van der Waals surface area contributed by atoms with Crippen LogP contribution in [0.15, 0.2) is 0 Å². The van der Waals surface area contributed by atoms with E-state index in [1.165, 1.54) is 0 Å². The number of carbonyl (C=O) groups excluding carboxylic acids is 1. The number of thiol groups is 1. The molecule has 9 heteroatoms. The predicted molar refractivity (Wildman–Crippen MR) is 40.6 cm³/mol. The molecule has 0 aliphatic heterocycles. The fourth-order valence-corrected chi connectivity index (χ4v) is 0.515. The first-order chi connectivity index (χ1) is 5.37. The zero-order valence-electron chi connectivity index (χ0n) is 5.71. The standard InChI is InChI=1S/C3H7NO6S2/c4-2(1-11)3(5)9-10-12(6,7)8/h2,11H,1,4H2,(H,6,7,8). The topological polar surface area (TPSA) is 116 Å². The van der Waals surface area contributed by atoms with Crippen molar-refractivity contribution in [1.82, 2.24) is 0 Å². The van der Waals surface area contributed by atoms with Crippen LogP contribution in [0.5, 0.6) is 0 Å². The summed E-state index contributed by atoms with van der Waals surface area (Å²) in [5.41, 5.74) is 5.04. The Bertz CT molecular complexity index is 248. The van der Waals surface area contributed by atoms with Gasteiger partial charge in [-0.15, -0.1) is 0 Å². The van der Waals surface area contributed by atoms with Crippen LogP contribution in [0.2, 0.25) is 0 Å². The molecular weight excluding hydrogens is 210 g/mol. The quantitative estimate of drug-likeness (QED) is 0.227. The molecule has 7 nitrogen and oxygen atoms in total. The van der Waals surface area contributed by atoms with Crippen LogP contribution in [0.25, 0.3) is 0 Å². The summed E-state index contributed by atoms with van der Waals surface area (Å²) in [6.07, 6.45) is 0. The van der Waals surface area contributed by atoms with Gasteiger partial charge < -0.3 is 5.73 Å². The molecule has 0 aromatic carbocycles. The maximum atomic E-state index is 10.5. The smallest absolute Gasteiger partial charge is 0.318 e. The van der Waals surface area contributed by atoms with Crippen LogP contribution >= 0.6 is 12.6 Å². The Morgan fingerprint density at radius 3 is 2.50 bits per heavy atom. The molecule has 0 aromatic heterocycles. The van der Waals surface area contributed by atoms with Crippen LogP contribution in [0.1, 0.15) is 0 Å². The number of nitrogens with two attached hydrogens (primary N) is 1. The molecule has 0 heterocycles. The van der Waals surface area contributed by atoms with Crippen molar-refractivity contribution in [3.63, 3.8) is 0 Å².